The van der Waals surface area contributed by atoms with Gasteiger partial charge in [-0.2, -0.15) is 5.10 Å². The first kappa shape index (κ1) is 15.5. The number of halogens is 1. The fourth-order valence-electron chi connectivity index (χ4n) is 2.90. The third kappa shape index (κ3) is 3.62. The molecule has 0 saturated heterocycles. The molecule has 1 heterocycles. The Labute approximate surface area is 129 Å². The average Bonchev–Trinajstić information content (AvgIpc) is 2.45. The second-order valence-corrected chi connectivity index (χ2v) is 6.60. The van der Waals surface area contributed by atoms with Crippen molar-refractivity contribution in [2.45, 2.75) is 52.5 Å². The van der Waals surface area contributed by atoms with Crippen LogP contribution in [0, 0.1) is 11.8 Å². The highest BCUT2D eigenvalue weighted by Gasteiger charge is 2.21. The summed E-state index contributed by atoms with van der Waals surface area (Å²) in [4.78, 5) is 12.1. The van der Waals surface area contributed by atoms with E-state index in [9.17, 15) is 4.79 Å². The van der Waals surface area contributed by atoms with E-state index in [4.69, 9.17) is 0 Å². The number of aromatic nitrogens is 2. The molecule has 0 spiro atoms. The van der Waals surface area contributed by atoms with Crippen LogP contribution in [0.1, 0.15) is 46.0 Å². The zero-order chi connectivity index (χ0) is 14.5. The van der Waals surface area contributed by atoms with Crippen LogP contribution in [0.25, 0.3) is 0 Å². The molecule has 1 aliphatic rings. The third-order valence-corrected chi connectivity index (χ3v) is 5.03. The summed E-state index contributed by atoms with van der Waals surface area (Å²) in [6.07, 6.45) is 7.96. The summed E-state index contributed by atoms with van der Waals surface area (Å²) in [6, 6.07) is 0. The molecule has 1 aromatic heterocycles. The summed E-state index contributed by atoms with van der Waals surface area (Å²) in [5.74, 6) is 1.47. The lowest BCUT2D eigenvalue weighted by Crippen LogP contribution is -2.27. The molecule has 0 bridgehead atoms. The van der Waals surface area contributed by atoms with Gasteiger partial charge in [0.05, 0.1) is 11.9 Å². The lowest BCUT2D eigenvalue weighted by molar-refractivity contribution is 0.268. The van der Waals surface area contributed by atoms with E-state index >= 15 is 0 Å². The van der Waals surface area contributed by atoms with Crippen molar-refractivity contribution in [1.82, 2.24) is 9.78 Å². The van der Waals surface area contributed by atoms with E-state index in [1.807, 2.05) is 6.92 Å². The molecule has 1 aliphatic carbocycles. The molecule has 2 atom stereocenters. The van der Waals surface area contributed by atoms with Crippen LogP contribution >= 0.6 is 15.9 Å². The van der Waals surface area contributed by atoms with Gasteiger partial charge in [0.1, 0.15) is 4.47 Å². The van der Waals surface area contributed by atoms with E-state index < -0.39 is 0 Å². The molecule has 0 aliphatic heterocycles. The highest BCUT2D eigenvalue weighted by molar-refractivity contribution is 9.10. The Morgan fingerprint density at radius 2 is 2.20 bits per heavy atom. The van der Waals surface area contributed by atoms with Gasteiger partial charge in [0, 0.05) is 13.1 Å². The summed E-state index contributed by atoms with van der Waals surface area (Å²) in [5.41, 5.74) is 0.772. The fraction of sp³-hybridized carbons (Fsp3) is 0.733. The quantitative estimate of drug-likeness (QED) is 0.888. The predicted octanol–water partition coefficient (Wildman–Crippen LogP) is 3.65. The van der Waals surface area contributed by atoms with Crippen molar-refractivity contribution >= 4 is 21.6 Å². The van der Waals surface area contributed by atoms with Crippen LogP contribution in [0.4, 0.5) is 5.69 Å². The first-order valence-electron chi connectivity index (χ1n) is 7.63. The highest BCUT2D eigenvalue weighted by Crippen LogP contribution is 2.30. The number of hydrogen-bond donors (Lipinski definition) is 1. The van der Waals surface area contributed by atoms with Crippen molar-refractivity contribution in [1.29, 1.82) is 0 Å². The molecule has 2 unspecified atom stereocenters. The Balaban J connectivity index is 2.02. The van der Waals surface area contributed by atoms with Gasteiger partial charge in [0.15, 0.2) is 0 Å². The van der Waals surface area contributed by atoms with Crippen molar-refractivity contribution in [3.8, 4) is 0 Å². The van der Waals surface area contributed by atoms with Gasteiger partial charge >= 0.3 is 0 Å². The number of nitrogens with zero attached hydrogens (tertiary/aromatic N) is 2. The lowest BCUT2D eigenvalue weighted by Gasteiger charge is -2.29. The molecule has 0 amide bonds. The average molecular weight is 342 g/mol. The van der Waals surface area contributed by atoms with Crippen LogP contribution in [-0.2, 0) is 6.54 Å². The third-order valence-electron chi connectivity index (χ3n) is 4.26. The van der Waals surface area contributed by atoms with E-state index in [0.29, 0.717) is 16.9 Å². The van der Waals surface area contributed by atoms with Gasteiger partial charge in [-0.15, -0.1) is 0 Å². The van der Waals surface area contributed by atoms with Crippen molar-refractivity contribution in [2.24, 2.45) is 11.8 Å². The maximum Gasteiger partial charge on any atom is 0.283 e. The summed E-state index contributed by atoms with van der Waals surface area (Å²) >= 11 is 3.41. The molecular weight excluding hydrogens is 318 g/mol. The van der Waals surface area contributed by atoms with Crippen molar-refractivity contribution < 1.29 is 0 Å². The Morgan fingerprint density at radius 1 is 1.45 bits per heavy atom. The first-order chi connectivity index (χ1) is 9.63. The summed E-state index contributed by atoms with van der Waals surface area (Å²) in [7, 11) is 0. The Bertz CT molecular complexity index is 500. The highest BCUT2D eigenvalue weighted by atomic mass is 79.9. The molecule has 20 heavy (non-hydrogen) atoms. The second-order valence-electron chi connectivity index (χ2n) is 5.80. The number of anilines is 1. The Morgan fingerprint density at radius 3 is 2.90 bits per heavy atom. The first-order valence-corrected chi connectivity index (χ1v) is 8.42. The zero-order valence-corrected chi connectivity index (χ0v) is 13.9. The van der Waals surface area contributed by atoms with Gasteiger partial charge < -0.3 is 5.32 Å². The van der Waals surface area contributed by atoms with Gasteiger partial charge in [-0.05, 0) is 40.6 Å². The van der Waals surface area contributed by atoms with Crippen LogP contribution < -0.4 is 10.9 Å². The van der Waals surface area contributed by atoms with Crippen LogP contribution in [0.3, 0.4) is 0 Å². The summed E-state index contributed by atoms with van der Waals surface area (Å²) in [5, 5.41) is 7.62. The van der Waals surface area contributed by atoms with Gasteiger partial charge in [0.25, 0.3) is 5.56 Å². The molecule has 1 saturated carbocycles. The molecule has 4 nitrogen and oxygen atoms in total. The Hall–Kier alpha value is -0.840. The fourth-order valence-corrected chi connectivity index (χ4v) is 3.34. The number of hydrogen-bond acceptors (Lipinski definition) is 3. The van der Waals surface area contributed by atoms with E-state index in [-0.39, 0.29) is 5.56 Å². The number of nitrogens with one attached hydrogen (secondary N) is 1. The molecule has 0 radical (unpaired) electrons. The van der Waals surface area contributed by atoms with E-state index in [2.05, 4.69) is 33.3 Å². The van der Waals surface area contributed by atoms with Gasteiger partial charge in [-0.1, -0.05) is 33.1 Å². The summed E-state index contributed by atoms with van der Waals surface area (Å²) < 4.78 is 2.11. The maximum absolute atomic E-state index is 12.1. The van der Waals surface area contributed by atoms with Crippen LogP contribution in [0.2, 0.25) is 0 Å². The minimum atomic E-state index is -0.0476. The zero-order valence-electron chi connectivity index (χ0n) is 12.4. The number of rotatable bonds is 5. The van der Waals surface area contributed by atoms with Crippen LogP contribution in [-0.4, -0.2) is 16.3 Å². The van der Waals surface area contributed by atoms with Gasteiger partial charge in [-0.25, -0.2) is 4.68 Å². The van der Waals surface area contributed by atoms with Crippen LogP contribution in [0.15, 0.2) is 15.5 Å². The molecule has 1 fully saturated rings. The molecule has 0 aromatic carbocycles. The normalized spacial score (nSPS) is 22.8. The van der Waals surface area contributed by atoms with E-state index in [1.165, 1.54) is 30.4 Å². The Kier molecular flexibility index (Phi) is 5.64. The van der Waals surface area contributed by atoms with Crippen LogP contribution in [0.5, 0.6) is 0 Å². The van der Waals surface area contributed by atoms with Gasteiger partial charge in [-0.3, -0.25) is 4.79 Å². The van der Waals surface area contributed by atoms with Gasteiger partial charge in [0.2, 0.25) is 0 Å². The molecule has 1 aromatic rings. The minimum Gasteiger partial charge on any atom is -0.382 e. The molecule has 2 rings (SSSR count). The molecule has 112 valence electrons. The molecule has 5 heteroatoms. The van der Waals surface area contributed by atoms with E-state index in [0.717, 1.165) is 24.6 Å². The largest absolute Gasteiger partial charge is 0.382 e. The minimum absolute atomic E-state index is 0.0476. The smallest absolute Gasteiger partial charge is 0.283 e. The monoisotopic (exact) mass is 341 g/mol. The summed E-state index contributed by atoms with van der Waals surface area (Å²) in [6.45, 7) is 5.97. The SMILES string of the molecule is CCCn1ncc(NCC2CCCCC2C)c(Br)c1=O. The lowest BCUT2D eigenvalue weighted by atomic mass is 9.80. The van der Waals surface area contributed by atoms with Crippen molar-refractivity contribution in [3.63, 3.8) is 0 Å². The topological polar surface area (TPSA) is 46.9 Å². The standard InChI is InChI=1S/C15H24BrN3O/c1-3-8-19-15(20)14(16)13(10-18-19)17-9-12-7-5-4-6-11(12)2/h10-12,17H,3-9H2,1-2H3. The molecular formula is C15H24BrN3O. The second kappa shape index (κ2) is 7.25. The number of aryl methyl sites for hydroxylation is 1. The van der Waals surface area contributed by atoms with Crippen molar-refractivity contribution in [2.75, 3.05) is 11.9 Å². The van der Waals surface area contributed by atoms with Crippen molar-refractivity contribution in [3.05, 3.63) is 21.0 Å². The van der Waals surface area contributed by atoms with E-state index in [1.54, 1.807) is 6.20 Å². The predicted molar refractivity (Wildman–Crippen MR) is 86.1 cm³/mol. The molecule has 1 N–H and O–H groups in total. The maximum atomic E-state index is 12.1.